The number of rotatable bonds is 6. The van der Waals surface area contributed by atoms with Gasteiger partial charge in [0.25, 0.3) is 0 Å². The van der Waals surface area contributed by atoms with E-state index in [1.54, 1.807) is 0 Å². The van der Waals surface area contributed by atoms with Crippen molar-refractivity contribution < 1.29 is 9.90 Å². The minimum Gasteiger partial charge on any atom is -0.478 e. The Morgan fingerprint density at radius 2 is 1.85 bits per heavy atom. The molecule has 1 aromatic carbocycles. The topological polar surface area (TPSA) is 54.3 Å². The van der Waals surface area contributed by atoms with E-state index in [9.17, 15) is 9.90 Å². The number of hydrogen-bond donors (Lipinski definition) is 2. The second-order valence-electron chi connectivity index (χ2n) is 8.16. The van der Waals surface area contributed by atoms with Gasteiger partial charge in [0.2, 0.25) is 0 Å². The van der Waals surface area contributed by atoms with E-state index in [2.05, 4.69) is 35.9 Å². The molecule has 3 atom stereocenters. The number of carboxylic acid groups (broad SMARTS) is 1. The van der Waals surface area contributed by atoms with Crippen LogP contribution in [0.15, 0.2) is 30.3 Å². The summed E-state index contributed by atoms with van der Waals surface area (Å²) >= 11 is 0. The zero-order valence-electron chi connectivity index (χ0n) is 17.0. The molecule has 1 saturated carbocycles. The molecular formula is C23H32N2O2. The quantitative estimate of drug-likeness (QED) is 0.772. The van der Waals surface area contributed by atoms with Gasteiger partial charge in [-0.2, -0.15) is 0 Å². The molecule has 1 heterocycles. The molecular weight excluding hydrogens is 336 g/mol. The fourth-order valence-electron chi connectivity index (χ4n) is 4.56. The van der Waals surface area contributed by atoms with Crippen molar-refractivity contribution in [2.75, 3.05) is 0 Å². The van der Waals surface area contributed by atoms with Crippen LogP contribution in [-0.2, 0) is 13.1 Å². The van der Waals surface area contributed by atoms with Gasteiger partial charge in [-0.15, -0.1) is 0 Å². The van der Waals surface area contributed by atoms with E-state index in [1.165, 1.54) is 24.8 Å². The van der Waals surface area contributed by atoms with Gasteiger partial charge in [-0.1, -0.05) is 57.0 Å². The smallest absolute Gasteiger partial charge is 0.337 e. The molecule has 0 saturated heterocycles. The molecule has 1 aliphatic rings. The normalized spacial score (nSPS) is 22.7. The third-order valence-electron chi connectivity index (χ3n) is 6.56. The summed E-state index contributed by atoms with van der Waals surface area (Å²) in [5, 5.41) is 13.5. The zero-order valence-corrected chi connectivity index (χ0v) is 17.0. The number of aromatic carboxylic acids is 1. The maximum Gasteiger partial charge on any atom is 0.337 e. The highest BCUT2D eigenvalue weighted by atomic mass is 16.4. The molecule has 1 aliphatic carbocycles. The van der Waals surface area contributed by atoms with Gasteiger partial charge in [-0.05, 0) is 37.7 Å². The minimum absolute atomic E-state index is 0.465. The number of benzene rings is 1. The highest BCUT2D eigenvalue weighted by Crippen LogP contribution is 2.30. The highest BCUT2D eigenvalue weighted by Gasteiger charge is 2.28. The van der Waals surface area contributed by atoms with Crippen molar-refractivity contribution in [3.63, 3.8) is 0 Å². The zero-order chi connectivity index (χ0) is 19.6. The second-order valence-corrected chi connectivity index (χ2v) is 8.16. The van der Waals surface area contributed by atoms with Crippen molar-refractivity contribution in [3.8, 4) is 0 Å². The van der Waals surface area contributed by atoms with Gasteiger partial charge in [0.05, 0.1) is 5.56 Å². The van der Waals surface area contributed by atoms with Crippen molar-refractivity contribution in [2.45, 2.75) is 66.1 Å². The average Bonchev–Trinajstić information content (AvgIpc) is 2.88. The Balaban J connectivity index is 1.85. The van der Waals surface area contributed by atoms with E-state index in [0.717, 1.165) is 22.9 Å². The van der Waals surface area contributed by atoms with Crippen LogP contribution in [0.25, 0.3) is 0 Å². The van der Waals surface area contributed by atoms with Crippen LogP contribution in [0, 0.1) is 25.7 Å². The molecule has 4 heteroatoms. The Morgan fingerprint density at radius 1 is 1.15 bits per heavy atom. The van der Waals surface area contributed by atoms with Crippen LogP contribution in [0.5, 0.6) is 0 Å². The molecule has 146 valence electrons. The first kappa shape index (κ1) is 19.7. The van der Waals surface area contributed by atoms with Gasteiger partial charge in [0.15, 0.2) is 0 Å². The summed E-state index contributed by atoms with van der Waals surface area (Å²) in [6.07, 6.45) is 3.73. The van der Waals surface area contributed by atoms with Crippen LogP contribution in [0.1, 0.15) is 66.0 Å². The Kier molecular flexibility index (Phi) is 6.05. The molecule has 1 aromatic heterocycles. The van der Waals surface area contributed by atoms with Crippen LogP contribution >= 0.6 is 0 Å². The Bertz CT molecular complexity index is 794. The molecule has 2 N–H and O–H groups in total. The highest BCUT2D eigenvalue weighted by molar-refractivity contribution is 5.91. The second kappa shape index (κ2) is 8.30. The van der Waals surface area contributed by atoms with E-state index in [-0.39, 0.29) is 0 Å². The molecule has 4 nitrogen and oxygen atoms in total. The fourth-order valence-corrected chi connectivity index (χ4v) is 4.56. The van der Waals surface area contributed by atoms with Crippen LogP contribution in [0.3, 0.4) is 0 Å². The van der Waals surface area contributed by atoms with E-state index >= 15 is 0 Å². The first-order valence-electron chi connectivity index (χ1n) is 10.1. The standard InChI is InChI=1S/C23H32N2O2/c1-15-9-8-12-21(16(15)2)24-13-20-17(3)25(18(4)22(20)23(26)27)14-19-10-6-5-7-11-19/h5-7,10-11,15-16,21,24H,8-9,12-14H2,1-4H3,(H,26,27)/t15-,16+,21+/m0/s1. The predicted octanol–water partition coefficient (Wildman–Crippen LogP) is 4.77. The number of hydrogen-bond acceptors (Lipinski definition) is 2. The third-order valence-corrected chi connectivity index (χ3v) is 6.56. The van der Waals surface area contributed by atoms with Gasteiger partial charge >= 0.3 is 5.97 Å². The number of nitrogens with zero attached hydrogens (tertiary/aromatic N) is 1. The number of aromatic nitrogens is 1. The van der Waals surface area contributed by atoms with E-state index in [0.29, 0.717) is 30.6 Å². The summed E-state index contributed by atoms with van der Waals surface area (Å²) in [5.41, 5.74) is 4.47. The van der Waals surface area contributed by atoms with E-state index in [4.69, 9.17) is 0 Å². The molecule has 27 heavy (non-hydrogen) atoms. The molecule has 0 bridgehead atoms. The lowest BCUT2D eigenvalue weighted by Crippen LogP contribution is -2.40. The molecule has 1 fully saturated rings. The van der Waals surface area contributed by atoms with Crippen molar-refractivity contribution in [3.05, 3.63) is 58.4 Å². The number of nitrogens with one attached hydrogen (secondary N) is 1. The first-order chi connectivity index (χ1) is 12.9. The van der Waals surface area contributed by atoms with Crippen LogP contribution in [0.4, 0.5) is 0 Å². The van der Waals surface area contributed by atoms with Crippen LogP contribution < -0.4 is 5.32 Å². The maximum absolute atomic E-state index is 12.0. The van der Waals surface area contributed by atoms with Crippen LogP contribution in [-0.4, -0.2) is 21.7 Å². The summed E-state index contributed by atoms with van der Waals surface area (Å²) in [4.78, 5) is 12.0. The van der Waals surface area contributed by atoms with Gasteiger partial charge in [-0.3, -0.25) is 0 Å². The summed E-state index contributed by atoms with van der Waals surface area (Å²) in [6, 6.07) is 10.7. The minimum atomic E-state index is -0.829. The lowest BCUT2D eigenvalue weighted by molar-refractivity contribution is 0.0694. The third kappa shape index (κ3) is 4.11. The van der Waals surface area contributed by atoms with E-state index in [1.807, 2.05) is 32.0 Å². The summed E-state index contributed by atoms with van der Waals surface area (Å²) in [7, 11) is 0. The largest absolute Gasteiger partial charge is 0.478 e. The lowest BCUT2D eigenvalue weighted by atomic mass is 9.78. The van der Waals surface area contributed by atoms with E-state index < -0.39 is 5.97 Å². The summed E-state index contributed by atoms with van der Waals surface area (Å²) in [6.45, 7) is 9.94. The van der Waals surface area contributed by atoms with Gasteiger partial charge < -0.3 is 15.0 Å². The summed E-state index contributed by atoms with van der Waals surface area (Å²) in [5.74, 6) is 0.518. The maximum atomic E-state index is 12.0. The lowest BCUT2D eigenvalue weighted by Gasteiger charge is -2.34. The molecule has 0 aliphatic heterocycles. The van der Waals surface area contributed by atoms with Crippen LogP contribution in [0.2, 0.25) is 0 Å². The fraction of sp³-hybridized carbons (Fsp3) is 0.522. The van der Waals surface area contributed by atoms with Crippen molar-refractivity contribution in [2.24, 2.45) is 11.8 Å². The van der Waals surface area contributed by atoms with Gasteiger partial charge in [0.1, 0.15) is 0 Å². The SMILES string of the molecule is Cc1c(CN[C@@H]2CCC[C@H](C)[C@H]2C)c(C(=O)O)c(C)n1Cc1ccccc1. The van der Waals surface area contributed by atoms with Crippen molar-refractivity contribution in [1.29, 1.82) is 0 Å². The Labute approximate surface area is 162 Å². The predicted molar refractivity (Wildman–Crippen MR) is 109 cm³/mol. The van der Waals surface area contributed by atoms with Gasteiger partial charge in [0, 0.05) is 36.1 Å². The molecule has 3 rings (SSSR count). The molecule has 0 radical (unpaired) electrons. The Hall–Kier alpha value is -2.07. The monoisotopic (exact) mass is 368 g/mol. The molecule has 0 spiro atoms. The summed E-state index contributed by atoms with van der Waals surface area (Å²) < 4.78 is 2.14. The van der Waals surface area contributed by atoms with Gasteiger partial charge in [-0.25, -0.2) is 4.79 Å². The number of carbonyl (C=O) groups is 1. The molecule has 2 aromatic rings. The Morgan fingerprint density at radius 3 is 2.52 bits per heavy atom. The first-order valence-corrected chi connectivity index (χ1v) is 10.1. The number of carboxylic acids is 1. The molecule has 0 unspecified atom stereocenters. The van der Waals surface area contributed by atoms with Crippen molar-refractivity contribution >= 4 is 5.97 Å². The molecule has 0 amide bonds. The van der Waals surface area contributed by atoms with Crippen molar-refractivity contribution in [1.82, 2.24) is 9.88 Å². The average molecular weight is 369 g/mol.